The first-order valence-electron chi connectivity index (χ1n) is 7.67. The molecule has 1 aliphatic rings. The summed E-state index contributed by atoms with van der Waals surface area (Å²) in [6, 6.07) is 7.12. The van der Waals surface area contributed by atoms with Crippen LogP contribution in [0.25, 0.3) is 6.08 Å². The van der Waals surface area contributed by atoms with Crippen molar-refractivity contribution in [3.8, 4) is 0 Å². The number of rotatable bonds is 5. The van der Waals surface area contributed by atoms with Crippen LogP contribution in [-0.4, -0.2) is 46.0 Å². The Hall–Kier alpha value is -1.79. The van der Waals surface area contributed by atoms with Crippen LogP contribution < -0.4 is 10.6 Å². The molecule has 130 valence electrons. The van der Waals surface area contributed by atoms with Gasteiger partial charge in [0.2, 0.25) is 11.8 Å². The number of benzene rings is 1. The first-order valence-corrected chi connectivity index (χ1v) is 10.1. The SMILES string of the molecule is C=S1(=O)CCC(NC(=O)CNC(=O)/C=C/c2cccc(Cl)c2)CC1. The van der Waals surface area contributed by atoms with Crippen molar-refractivity contribution in [2.45, 2.75) is 18.9 Å². The highest BCUT2D eigenvalue weighted by molar-refractivity contribution is 8.00. The summed E-state index contributed by atoms with van der Waals surface area (Å²) < 4.78 is 11.8. The average Bonchev–Trinajstić information content (AvgIpc) is 2.53. The van der Waals surface area contributed by atoms with Gasteiger partial charge in [0.05, 0.1) is 6.54 Å². The summed E-state index contributed by atoms with van der Waals surface area (Å²) in [5.74, 6) is 4.16. The van der Waals surface area contributed by atoms with Gasteiger partial charge in [-0.15, -0.1) is 0 Å². The van der Waals surface area contributed by atoms with E-state index in [1.807, 2.05) is 6.07 Å². The highest BCUT2D eigenvalue weighted by Gasteiger charge is 2.21. The molecule has 0 atom stereocenters. The van der Waals surface area contributed by atoms with Crippen molar-refractivity contribution in [3.05, 3.63) is 40.9 Å². The van der Waals surface area contributed by atoms with Crippen LogP contribution in [0.2, 0.25) is 5.02 Å². The highest BCUT2D eigenvalue weighted by atomic mass is 35.5. The maximum Gasteiger partial charge on any atom is 0.244 e. The Labute approximate surface area is 147 Å². The van der Waals surface area contributed by atoms with Gasteiger partial charge in [0, 0.05) is 28.6 Å². The van der Waals surface area contributed by atoms with Crippen molar-refractivity contribution in [1.82, 2.24) is 10.6 Å². The number of carbonyl (C=O) groups excluding carboxylic acids is 2. The fourth-order valence-corrected chi connectivity index (χ4v) is 4.22. The molecule has 1 fully saturated rings. The van der Waals surface area contributed by atoms with Gasteiger partial charge in [-0.1, -0.05) is 23.7 Å². The van der Waals surface area contributed by atoms with Crippen LogP contribution in [0.4, 0.5) is 0 Å². The van der Waals surface area contributed by atoms with Crippen LogP contribution in [0.1, 0.15) is 18.4 Å². The zero-order valence-corrected chi connectivity index (χ0v) is 14.9. The van der Waals surface area contributed by atoms with E-state index in [1.165, 1.54) is 6.08 Å². The van der Waals surface area contributed by atoms with Gasteiger partial charge in [0.15, 0.2) is 0 Å². The molecule has 0 radical (unpaired) electrons. The normalized spacial score (nSPS) is 23.8. The number of nitrogens with one attached hydrogen (secondary N) is 2. The van der Waals surface area contributed by atoms with Gasteiger partial charge in [-0.3, -0.25) is 13.8 Å². The minimum absolute atomic E-state index is 0.00716. The summed E-state index contributed by atoms with van der Waals surface area (Å²) in [6.45, 7) is -0.0883. The number of hydrogen-bond donors (Lipinski definition) is 2. The lowest BCUT2D eigenvalue weighted by molar-refractivity contribution is -0.124. The fourth-order valence-electron chi connectivity index (χ4n) is 2.39. The number of hydrogen-bond acceptors (Lipinski definition) is 3. The first-order chi connectivity index (χ1) is 11.3. The molecule has 0 saturated carbocycles. The maximum absolute atomic E-state index is 11.8. The van der Waals surface area contributed by atoms with Gasteiger partial charge < -0.3 is 10.6 Å². The van der Waals surface area contributed by atoms with Gasteiger partial charge in [0.25, 0.3) is 0 Å². The predicted octanol–water partition coefficient (Wildman–Crippen LogP) is 1.46. The van der Waals surface area contributed by atoms with Crippen LogP contribution in [0.5, 0.6) is 0 Å². The van der Waals surface area contributed by atoms with Crippen LogP contribution in [0, 0.1) is 0 Å². The molecule has 0 spiro atoms. The Balaban J connectivity index is 1.72. The Kier molecular flexibility index (Phi) is 6.45. The van der Waals surface area contributed by atoms with E-state index in [1.54, 1.807) is 24.3 Å². The molecule has 1 heterocycles. The third kappa shape index (κ3) is 6.37. The van der Waals surface area contributed by atoms with E-state index in [9.17, 15) is 13.8 Å². The number of halogens is 1. The molecule has 2 rings (SSSR count). The van der Waals surface area contributed by atoms with E-state index >= 15 is 0 Å². The van der Waals surface area contributed by atoms with E-state index in [0.29, 0.717) is 29.4 Å². The molecule has 2 N–H and O–H groups in total. The zero-order chi connectivity index (χ0) is 17.6. The standard InChI is InChI=1S/C17H21ClN2O3S/c1-24(23)9-7-15(8-10-24)20-17(22)12-19-16(21)6-5-13-3-2-4-14(18)11-13/h2-6,11,15H,1,7-10,12H2,(H,19,21)(H,20,22)/b6-5+. The topological polar surface area (TPSA) is 75.3 Å². The van der Waals surface area contributed by atoms with Gasteiger partial charge in [-0.05, 0) is 52.0 Å². The smallest absolute Gasteiger partial charge is 0.244 e. The predicted molar refractivity (Wildman–Crippen MR) is 99.7 cm³/mol. The molecule has 0 aromatic heterocycles. The summed E-state index contributed by atoms with van der Waals surface area (Å²) in [5.41, 5.74) is 0.807. The van der Waals surface area contributed by atoms with Gasteiger partial charge in [-0.25, -0.2) is 0 Å². The van der Waals surface area contributed by atoms with Crippen molar-refractivity contribution >= 4 is 44.9 Å². The van der Waals surface area contributed by atoms with E-state index in [4.69, 9.17) is 11.6 Å². The Bertz CT molecular complexity index is 730. The molecule has 7 heteroatoms. The van der Waals surface area contributed by atoms with E-state index in [0.717, 1.165) is 5.56 Å². The monoisotopic (exact) mass is 368 g/mol. The largest absolute Gasteiger partial charge is 0.352 e. The molecule has 0 unspecified atom stereocenters. The lowest BCUT2D eigenvalue weighted by Crippen LogP contribution is -2.44. The Morgan fingerprint density at radius 1 is 1.33 bits per heavy atom. The van der Waals surface area contributed by atoms with Crippen LogP contribution in [0.15, 0.2) is 30.3 Å². The van der Waals surface area contributed by atoms with Crippen molar-refractivity contribution in [3.63, 3.8) is 0 Å². The Morgan fingerprint density at radius 3 is 2.71 bits per heavy atom. The second-order valence-electron chi connectivity index (χ2n) is 5.82. The lowest BCUT2D eigenvalue weighted by Gasteiger charge is -2.25. The van der Waals surface area contributed by atoms with Gasteiger partial charge in [0.1, 0.15) is 0 Å². The summed E-state index contributed by atoms with van der Waals surface area (Å²) in [7, 11) is -1.95. The molecule has 24 heavy (non-hydrogen) atoms. The summed E-state index contributed by atoms with van der Waals surface area (Å²) in [5, 5.41) is 5.97. The molecule has 2 amide bonds. The summed E-state index contributed by atoms with van der Waals surface area (Å²) >= 11 is 5.86. The van der Waals surface area contributed by atoms with Crippen molar-refractivity contribution in [2.24, 2.45) is 0 Å². The van der Waals surface area contributed by atoms with E-state index < -0.39 is 9.52 Å². The van der Waals surface area contributed by atoms with Gasteiger partial charge >= 0.3 is 0 Å². The molecule has 1 aliphatic heterocycles. The van der Waals surface area contributed by atoms with Crippen LogP contribution in [-0.2, 0) is 19.1 Å². The molecule has 0 bridgehead atoms. The van der Waals surface area contributed by atoms with Crippen molar-refractivity contribution in [1.29, 1.82) is 0 Å². The molecule has 1 saturated heterocycles. The van der Waals surface area contributed by atoms with E-state index in [2.05, 4.69) is 16.5 Å². The quantitative estimate of drug-likeness (QED) is 0.610. The summed E-state index contributed by atoms with van der Waals surface area (Å²) in [6.07, 6.45) is 4.32. The zero-order valence-electron chi connectivity index (χ0n) is 13.3. The fraction of sp³-hybridized carbons (Fsp3) is 0.353. The van der Waals surface area contributed by atoms with E-state index in [-0.39, 0.29) is 24.4 Å². The van der Waals surface area contributed by atoms with Crippen LogP contribution in [0.3, 0.4) is 0 Å². The highest BCUT2D eigenvalue weighted by Crippen LogP contribution is 2.12. The second-order valence-corrected chi connectivity index (χ2v) is 9.01. The van der Waals surface area contributed by atoms with Crippen LogP contribution >= 0.6 is 11.6 Å². The first kappa shape index (κ1) is 18.5. The lowest BCUT2D eigenvalue weighted by atomic mass is 10.1. The minimum Gasteiger partial charge on any atom is -0.352 e. The third-order valence-corrected chi connectivity index (χ3v) is 5.94. The molecular formula is C17H21ClN2O3S. The van der Waals surface area contributed by atoms with Crippen molar-refractivity contribution in [2.75, 3.05) is 18.1 Å². The van der Waals surface area contributed by atoms with Gasteiger partial charge in [-0.2, -0.15) is 0 Å². The third-order valence-electron chi connectivity index (χ3n) is 3.74. The Morgan fingerprint density at radius 2 is 2.04 bits per heavy atom. The number of amides is 2. The summed E-state index contributed by atoms with van der Waals surface area (Å²) in [4.78, 5) is 23.6. The molecular weight excluding hydrogens is 348 g/mol. The molecule has 5 nitrogen and oxygen atoms in total. The molecule has 0 aliphatic carbocycles. The van der Waals surface area contributed by atoms with Crippen molar-refractivity contribution < 1.29 is 13.8 Å². The maximum atomic E-state index is 11.8. The second kappa shape index (κ2) is 8.35. The molecule has 1 aromatic carbocycles. The molecule has 1 aromatic rings. The minimum atomic E-state index is -1.95. The number of carbonyl (C=O) groups is 2. The average molecular weight is 369 g/mol.